The van der Waals surface area contributed by atoms with Crippen LogP contribution in [0.25, 0.3) is 0 Å². The molecule has 1 unspecified atom stereocenters. The van der Waals surface area contributed by atoms with E-state index in [1.165, 1.54) is 4.90 Å². The molecule has 2 heterocycles. The van der Waals surface area contributed by atoms with Crippen LogP contribution in [0.5, 0.6) is 5.75 Å². The lowest BCUT2D eigenvalue weighted by Crippen LogP contribution is -2.45. The third kappa shape index (κ3) is 3.32. The molecule has 2 aliphatic heterocycles. The monoisotopic (exact) mass is 327 g/mol. The Labute approximate surface area is 134 Å². The van der Waals surface area contributed by atoms with Crippen molar-refractivity contribution in [3.8, 4) is 5.75 Å². The van der Waals surface area contributed by atoms with Crippen LogP contribution in [0.15, 0.2) is 18.2 Å². The van der Waals surface area contributed by atoms with E-state index < -0.39 is 6.10 Å². The van der Waals surface area contributed by atoms with Crippen LogP contribution in [0.1, 0.15) is 0 Å². The van der Waals surface area contributed by atoms with Crippen LogP contribution < -0.4 is 20.3 Å². The number of ether oxygens (including phenoxy) is 2. The van der Waals surface area contributed by atoms with Gasteiger partial charge in [0.25, 0.3) is 11.8 Å². The zero-order valence-corrected chi connectivity index (χ0v) is 12.9. The Morgan fingerprint density at radius 3 is 3.00 bits per heavy atom. The van der Waals surface area contributed by atoms with Gasteiger partial charge in [0.05, 0.1) is 12.3 Å². The number of anilines is 2. The van der Waals surface area contributed by atoms with Crippen LogP contribution in [0, 0.1) is 0 Å². The van der Waals surface area contributed by atoms with E-state index in [9.17, 15) is 9.59 Å². The van der Waals surface area contributed by atoms with Crippen LogP contribution in [-0.4, -0.2) is 51.3 Å². The zero-order chi connectivity index (χ0) is 14.8. The molecule has 1 saturated heterocycles. The van der Waals surface area contributed by atoms with Crippen LogP contribution in [0.2, 0.25) is 0 Å². The summed E-state index contributed by atoms with van der Waals surface area (Å²) in [5, 5.41) is 5.91. The first-order valence-corrected chi connectivity index (χ1v) is 6.82. The van der Waals surface area contributed by atoms with E-state index in [1.54, 1.807) is 25.2 Å². The van der Waals surface area contributed by atoms with Crippen molar-refractivity contribution in [2.24, 2.45) is 0 Å². The Hall–Kier alpha value is -1.83. The van der Waals surface area contributed by atoms with Gasteiger partial charge < -0.3 is 25.0 Å². The van der Waals surface area contributed by atoms with E-state index in [-0.39, 0.29) is 30.8 Å². The molecule has 0 bridgehead atoms. The molecule has 120 valence electrons. The van der Waals surface area contributed by atoms with Crippen molar-refractivity contribution in [2.45, 2.75) is 6.10 Å². The number of benzene rings is 1. The Morgan fingerprint density at radius 2 is 2.27 bits per heavy atom. The number of rotatable bonds is 2. The molecule has 0 spiro atoms. The highest BCUT2D eigenvalue weighted by atomic mass is 35.5. The number of likely N-dealkylation sites (N-methyl/N-ethyl adjacent to an activating group) is 1. The zero-order valence-electron chi connectivity index (χ0n) is 12.1. The molecule has 8 heteroatoms. The van der Waals surface area contributed by atoms with E-state index in [1.807, 2.05) is 0 Å². The standard InChI is InChI=1S/C14H17N3O4.ClH/c1-17-10-6-9(2-3-11(10)21-8-13(17)18)16-14(19)12-7-15-4-5-20-12;/h2-3,6,12,15H,4-5,7-8H2,1H3,(H,16,19);1H. The molecule has 1 aromatic rings. The number of halogens is 1. The second-order valence-electron chi connectivity index (χ2n) is 4.98. The van der Waals surface area contributed by atoms with E-state index in [0.29, 0.717) is 30.3 Å². The van der Waals surface area contributed by atoms with Gasteiger partial charge in [-0.15, -0.1) is 12.4 Å². The molecule has 0 aliphatic carbocycles. The molecule has 1 atom stereocenters. The largest absolute Gasteiger partial charge is 0.482 e. The number of amides is 2. The van der Waals surface area contributed by atoms with Crippen molar-refractivity contribution < 1.29 is 19.1 Å². The van der Waals surface area contributed by atoms with Crippen molar-refractivity contribution in [2.75, 3.05) is 43.6 Å². The van der Waals surface area contributed by atoms with Crippen molar-refractivity contribution in [3.05, 3.63) is 18.2 Å². The molecule has 1 fully saturated rings. The maximum absolute atomic E-state index is 12.1. The predicted octanol–water partition coefficient (Wildman–Crippen LogP) is 0.390. The molecule has 3 rings (SSSR count). The number of hydrogen-bond acceptors (Lipinski definition) is 5. The quantitative estimate of drug-likeness (QED) is 0.821. The molecule has 1 aromatic carbocycles. The fourth-order valence-corrected chi connectivity index (χ4v) is 2.31. The van der Waals surface area contributed by atoms with Gasteiger partial charge in [-0.2, -0.15) is 0 Å². The summed E-state index contributed by atoms with van der Waals surface area (Å²) in [4.78, 5) is 25.2. The lowest BCUT2D eigenvalue weighted by molar-refractivity contribution is -0.128. The highest BCUT2D eigenvalue weighted by Crippen LogP contribution is 2.33. The highest BCUT2D eigenvalue weighted by molar-refractivity contribution is 5.99. The fourth-order valence-electron chi connectivity index (χ4n) is 2.31. The molecule has 7 nitrogen and oxygen atoms in total. The van der Waals surface area contributed by atoms with Gasteiger partial charge >= 0.3 is 0 Å². The molecule has 2 N–H and O–H groups in total. The minimum Gasteiger partial charge on any atom is -0.482 e. The van der Waals surface area contributed by atoms with Crippen molar-refractivity contribution in [1.82, 2.24) is 5.32 Å². The highest BCUT2D eigenvalue weighted by Gasteiger charge is 2.24. The number of carbonyl (C=O) groups excluding carboxylic acids is 2. The maximum atomic E-state index is 12.1. The molecule has 2 aliphatic rings. The first-order valence-electron chi connectivity index (χ1n) is 6.82. The van der Waals surface area contributed by atoms with Crippen molar-refractivity contribution >= 4 is 35.6 Å². The summed E-state index contributed by atoms with van der Waals surface area (Å²) in [5.74, 6) is 0.310. The Morgan fingerprint density at radius 1 is 1.45 bits per heavy atom. The number of nitrogens with one attached hydrogen (secondary N) is 2. The molecular formula is C14H18ClN3O4. The molecule has 0 aromatic heterocycles. The van der Waals surface area contributed by atoms with E-state index in [0.717, 1.165) is 6.54 Å². The molecular weight excluding hydrogens is 310 g/mol. The van der Waals surface area contributed by atoms with Crippen LogP contribution >= 0.6 is 12.4 Å². The average Bonchev–Trinajstić information content (AvgIpc) is 2.52. The normalized spacial score (nSPS) is 20.5. The maximum Gasteiger partial charge on any atom is 0.264 e. The summed E-state index contributed by atoms with van der Waals surface area (Å²) >= 11 is 0. The van der Waals surface area contributed by atoms with Gasteiger partial charge in [0.1, 0.15) is 11.9 Å². The van der Waals surface area contributed by atoms with E-state index in [4.69, 9.17) is 9.47 Å². The van der Waals surface area contributed by atoms with Gasteiger partial charge in [0.2, 0.25) is 0 Å². The number of hydrogen-bond donors (Lipinski definition) is 2. The van der Waals surface area contributed by atoms with E-state index >= 15 is 0 Å². The van der Waals surface area contributed by atoms with Gasteiger partial charge in [0, 0.05) is 25.8 Å². The molecule has 2 amide bonds. The number of nitrogens with zero attached hydrogens (tertiary/aromatic N) is 1. The van der Waals surface area contributed by atoms with Crippen LogP contribution in [0.4, 0.5) is 11.4 Å². The summed E-state index contributed by atoms with van der Waals surface area (Å²) in [7, 11) is 1.68. The summed E-state index contributed by atoms with van der Waals surface area (Å²) in [6, 6.07) is 5.21. The minimum absolute atomic E-state index is 0. The summed E-state index contributed by atoms with van der Waals surface area (Å²) in [5.41, 5.74) is 1.25. The topological polar surface area (TPSA) is 79.9 Å². The van der Waals surface area contributed by atoms with Gasteiger partial charge in [-0.1, -0.05) is 0 Å². The van der Waals surface area contributed by atoms with Crippen LogP contribution in [-0.2, 0) is 14.3 Å². The van der Waals surface area contributed by atoms with Crippen molar-refractivity contribution in [1.29, 1.82) is 0 Å². The minimum atomic E-state index is -0.495. The number of carbonyl (C=O) groups is 2. The lowest BCUT2D eigenvalue weighted by Gasteiger charge is -2.27. The summed E-state index contributed by atoms with van der Waals surface area (Å²) in [6.45, 7) is 1.81. The van der Waals surface area contributed by atoms with Gasteiger partial charge in [-0.05, 0) is 18.2 Å². The average molecular weight is 328 g/mol. The Kier molecular flexibility index (Phi) is 5.23. The van der Waals surface area contributed by atoms with Crippen LogP contribution in [0.3, 0.4) is 0 Å². The smallest absolute Gasteiger partial charge is 0.264 e. The second-order valence-corrected chi connectivity index (χ2v) is 4.98. The summed E-state index contributed by atoms with van der Waals surface area (Å²) in [6.07, 6.45) is -0.495. The fraction of sp³-hybridized carbons (Fsp3) is 0.429. The second kappa shape index (κ2) is 6.95. The summed E-state index contributed by atoms with van der Waals surface area (Å²) < 4.78 is 10.7. The van der Waals surface area contributed by atoms with Gasteiger partial charge in [0.15, 0.2) is 6.61 Å². The third-order valence-corrected chi connectivity index (χ3v) is 3.53. The lowest BCUT2D eigenvalue weighted by atomic mass is 10.2. The number of morpholine rings is 1. The van der Waals surface area contributed by atoms with Gasteiger partial charge in [-0.25, -0.2) is 0 Å². The van der Waals surface area contributed by atoms with E-state index in [2.05, 4.69) is 10.6 Å². The number of fused-ring (bicyclic) bond motifs is 1. The molecule has 0 radical (unpaired) electrons. The first kappa shape index (κ1) is 16.5. The Balaban J connectivity index is 0.00000176. The molecule has 22 heavy (non-hydrogen) atoms. The van der Waals surface area contributed by atoms with Gasteiger partial charge in [-0.3, -0.25) is 9.59 Å². The first-order chi connectivity index (χ1) is 10.1. The van der Waals surface area contributed by atoms with Crippen molar-refractivity contribution in [3.63, 3.8) is 0 Å². The SMILES string of the molecule is CN1C(=O)COc2ccc(NC(=O)C3CNCCO3)cc21.Cl. The Bertz CT molecular complexity index is 575. The molecule has 0 saturated carbocycles. The third-order valence-electron chi connectivity index (χ3n) is 3.53. The predicted molar refractivity (Wildman–Crippen MR) is 83.8 cm³/mol.